The van der Waals surface area contributed by atoms with Gasteiger partial charge in [-0.1, -0.05) is 6.07 Å². The number of carbonyl (C=O) groups is 1. The Hall–Kier alpha value is -2.96. The molecule has 3 aromatic rings. The van der Waals surface area contributed by atoms with Gasteiger partial charge in [0, 0.05) is 6.04 Å². The summed E-state index contributed by atoms with van der Waals surface area (Å²) in [7, 11) is 0. The highest BCUT2D eigenvalue weighted by Gasteiger charge is 2.23. The summed E-state index contributed by atoms with van der Waals surface area (Å²) < 4.78 is 2.99. The molecule has 4 rings (SSSR count). The molecular weight excluding hydrogens is 318 g/mol. The first-order chi connectivity index (χ1) is 12.0. The van der Waals surface area contributed by atoms with E-state index in [2.05, 4.69) is 21.5 Å². The quantitative estimate of drug-likeness (QED) is 0.782. The number of hydrogen-bond acceptors (Lipinski definition) is 4. The van der Waals surface area contributed by atoms with Gasteiger partial charge in [0.25, 0.3) is 5.56 Å². The minimum absolute atomic E-state index is 0.0208. The number of rotatable bonds is 4. The summed E-state index contributed by atoms with van der Waals surface area (Å²) in [5.41, 5.74) is 3.33. The second kappa shape index (κ2) is 5.84. The van der Waals surface area contributed by atoms with Gasteiger partial charge in [-0.15, -0.1) is 0 Å². The summed E-state index contributed by atoms with van der Waals surface area (Å²) in [6.07, 6.45) is 4.96. The van der Waals surface area contributed by atoms with E-state index in [1.807, 2.05) is 26.0 Å². The minimum Gasteiger partial charge on any atom is -0.352 e. The minimum atomic E-state index is -0.258. The number of aryl methyl sites for hydroxylation is 2. The fraction of sp³-hybridized carbons (Fsp3) is 0.333. The maximum absolute atomic E-state index is 12.6. The van der Waals surface area contributed by atoms with Gasteiger partial charge in [-0.2, -0.15) is 5.10 Å². The highest BCUT2D eigenvalue weighted by molar-refractivity contribution is 5.78. The number of hydrogen-bond donors (Lipinski definition) is 1. The van der Waals surface area contributed by atoms with Crippen LogP contribution in [0.25, 0.3) is 16.7 Å². The largest absolute Gasteiger partial charge is 0.352 e. The molecule has 0 aliphatic heterocycles. The maximum atomic E-state index is 12.6. The highest BCUT2D eigenvalue weighted by Crippen LogP contribution is 2.19. The van der Waals surface area contributed by atoms with Gasteiger partial charge >= 0.3 is 0 Å². The van der Waals surface area contributed by atoms with E-state index >= 15 is 0 Å². The van der Waals surface area contributed by atoms with Gasteiger partial charge in [0.15, 0.2) is 5.65 Å². The Morgan fingerprint density at radius 2 is 1.96 bits per heavy atom. The summed E-state index contributed by atoms with van der Waals surface area (Å²) in [6.45, 7) is 4.01. The van der Waals surface area contributed by atoms with Crippen molar-refractivity contribution in [3.63, 3.8) is 0 Å². The molecule has 0 bridgehead atoms. The molecule has 128 valence electrons. The molecule has 0 spiro atoms. The zero-order valence-electron chi connectivity index (χ0n) is 14.2. The Morgan fingerprint density at radius 3 is 2.64 bits per heavy atom. The molecule has 0 unspecified atom stereocenters. The van der Waals surface area contributed by atoms with Gasteiger partial charge in [0.2, 0.25) is 5.91 Å². The lowest BCUT2D eigenvalue weighted by atomic mass is 10.1. The zero-order valence-corrected chi connectivity index (χ0v) is 14.2. The van der Waals surface area contributed by atoms with Crippen molar-refractivity contribution in [2.75, 3.05) is 0 Å². The van der Waals surface area contributed by atoms with Crippen molar-refractivity contribution in [2.24, 2.45) is 0 Å². The molecule has 1 N–H and O–H groups in total. The molecule has 7 nitrogen and oxygen atoms in total. The van der Waals surface area contributed by atoms with E-state index in [1.165, 1.54) is 17.1 Å². The van der Waals surface area contributed by atoms with Gasteiger partial charge in [-0.05, 0) is 49.9 Å². The number of aromatic nitrogens is 4. The molecule has 1 aliphatic carbocycles. The monoisotopic (exact) mass is 337 g/mol. The van der Waals surface area contributed by atoms with Crippen LogP contribution in [-0.4, -0.2) is 31.3 Å². The average molecular weight is 337 g/mol. The first kappa shape index (κ1) is 15.6. The molecule has 2 heterocycles. The Labute approximate surface area is 144 Å². The van der Waals surface area contributed by atoms with E-state index in [1.54, 1.807) is 4.68 Å². The van der Waals surface area contributed by atoms with E-state index in [0.717, 1.165) is 29.7 Å². The van der Waals surface area contributed by atoms with E-state index < -0.39 is 0 Å². The molecule has 1 fully saturated rings. The van der Waals surface area contributed by atoms with Crippen molar-refractivity contribution in [1.82, 2.24) is 24.6 Å². The van der Waals surface area contributed by atoms with E-state index in [9.17, 15) is 9.59 Å². The Morgan fingerprint density at radius 1 is 1.24 bits per heavy atom. The Kier molecular flexibility index (Phi) is 3.63. The highest BCUT2D eigenvalue weighted by atomic mass is 16.2. The van der Waals surface area contributed by atoms with Gasteiger partial charge in [-0.25, -0.2) is 9.67 Å². The third-order valence-corrected chi connectivity index (χ3v) is 4.26. The lowest BCUT2D eigenvalue weighted by molar-refractivity contribution is -0.121. The molecule has 0 saturated heterocycles. The first-order valence-corrected chi connectivity index (χ1v) is 8.32. The van der Waals surface area contributed by atoms with Crippen LogP contribution in [0.15, 0.2) is 35.5 Å². The zero-order chi connectivity index (χ0) is 17.6. The second-order valence-corrected chi connectivity index (χ2v) is 6.66. The normalized spacial score (nSPS) is 14.0. The molecule has 0 radical (unpaired) electrons. The van der Waals surface area contributed by atoms with Gasteiger partial charge in [0.05, 0.1) is 11.9 Å². The average Bonchev–Trinajstić information content (AvgIpc) is 3.24. The molecule has 0 atom stereocenters. The predicted molar refractivity (Wildman–Crippen MR) is 93.8 cm³/mol. The van der Waals surface area contributed by atoms with Gasteiger partial charge < -0.3 is 5.32 Å². The molecule has 2 aromatic heterocycles. The Bertz CT molecular complexity index is 1010. The van der Waals surface area contributed by atoms with Crippen LogP contribution in [0.3, 0.4) is 0 Å². The van der Waals surface area contributed by atoms with Gasteiger partial charge in [0.1, 0.15) is 18.3 Å². The van der Waals surface area contributed by atoms with Crippen LogP contribution in [0, 0.1) is 13.8 Å². The maximum Gasteiger partial charge on any atom is 0.264 e. The van der Waals surface area contributed by atoms with Crippen molar-refractivity contribution in [1.29, 1.82) is 0 Å². The molecule has 7 heteroatoms. The van der Waals surface area contributed by atoms with E-state index in [4.69, 9.17) is 0 Å². The van der Waals surface area contributed by atoms with Crippen LogP contribution in [0.5, 0.6) is 0 Å². The van der Waals surface area contributed by atoms with Crippen LogP contribution < -0.4 is 10.9 Å². The van der Waals surface area contributed by atoms with Crippen molar-refractivity contribution >= 4 is 16.9 Å². The number of nitrogens with one attached hydrogen (secondary N) is 1. The lowest BCUT2D eigenvalue weighted by Gasteiger charge is -2.08. The standard InChI is InChI=1S/C18H19N5O2/c1-11-5-12(2)7-14(6-11)23-17-15(8-20-23)18(25)22(10-19-17)9-16(24)21-13-3-4-13/h5-8,10,13H,3-4,9H2,1-2H3,(H,21,24). The second-order valence-electron chi connectivity index (χ2n) is 6.66. The number of fused-ring (bicyclic) bond motifs is 1. The Balaban J connectivity index is 1.71. The van der Waals surface area contributed by atoms with Crippen molar-refractivity contribution in [3.05, 3.63) is 52.2 Å². The molecule has 1 aromatic carbocycles. The fourth-order valence-corrected chi connectivity index (χ4v) is 2.98. The van der Waals surface area contributed by atoms with Crippen molar-refractivity contribution < 1.29 is 4.79 Å². The van der Waals surface area contributed by atoms with Crippen LogP contribution >= 0.6 is 0 Å². The summed E-state index contributed by atoms with van der Waals surface area (Å²) in [6, 6.07) is 6.34. The van der Waals surface area contributed by atoms with E-state index in [0.29, 0.717) is 11.0 Å². The fourth-order valence-electron chi connectivity index (χ4n) is 2.98. The topological polar surface area (TPSA) is 81.8 Å². The SMILES string of the molecule is Cc1cc(C)cc(-n2ncc3c(=O)n(CC(=O)NC4CC4)cnc32)c1. The number of amides is 1. The predicted octanol–water partition coefficient (Wildman–Crippen LogP) is 1.48. The number of nitrogens with zero attached hydrogens (tertiary/aromatic N) is 4. The summed E-state index contributed by atoms with van der Waals surface area (Å²) in [5, 5.41) is 7.61. The summed E-state index contributed by atoms with van der Waals surface area (Å²) in [5.74, 6) is -0.160. The van der Waals surface area contributed by atoms with E-state index in [-0.39, 0.29) is 24.1 Å². The molecule has 1 saturated carbocycles. The summed E-state index contributed by atoms with van der Waals surface area (Å²) in [4.78, 5) is 28.9. The van der Waals surface area contributed by atoms with Crippen molar-refractivity contribution in [2.45, 2.75) is 39.3 Å². The molecule has 25 heavy (non-hydrogen) atoms. The van der Waals surface area contributed by atoms with Crippen LogP contribution in [-0.2, 0) is 11.3 Å². The van der Waals surface area contributed by atoms with Crippen molar-refractivity contribution in [3.8, 4) is 5.69 Å². The number of benzene rings is 1. The van der Waals surface area contributed by atoms with Crippen LogP contribution in [0.1, 0.15) is 24.0 Å². The smallest absolute Gasteiger partial charge is 0.264 e. The third kappa shape index (κ3) is 3.05. The first-order valence-electron chi connectivity index (χ1n) is 8.32. The lowest BCUT2D eigenvalue weighted by Crippen LogP contribution is -2.33. The van der Waals surface area contributed by atoms with Gasteiger partial charge in [-0.3, -0.25) is 14.2 Å². The number of carbonyl (C=O) groups excluding carboxylic acids is 1. The summed E-state index contributed by atoms with van der Waals surface area (Å²) >= 11 is 0. The van der Waals surface area contributed by atoms with Crippen LogP contribution in [0.4, 0.5) is 0 Å². The molecular formula is C18H19N5O2. The third-order valence-electron chi connectivity index (χ3n) is 4.26. The molecule has 1 amide bonds. The van der Waals surface area contributed by atoms with Crippen LogP contribution in [0.2, 0.25) is 0 Å². The molecule has 1 aliphatic rings.